The van der Waals surface area contributed by atoms with Gasteiger partial charge in [0.1, 0.15) is 5.60 Å². The van der Waals surface area contributed by atoms with Crippen molar-refractivity contribution in [1.29, 1.82) is 0 Å². The SMILES string of the molecule is CC(CC1CCC1)NC1CCCC1CNC(=O)OC(C)(C)C. The van der Waals surface area contributed by atoms with E-state index in [2.05, 4.69) is 17.6 Å². The summed E-state index contributed by atoms with van der Waals surface area (Å²) in [6.07, 6.45) is 8.96. The topological polar surface area (TPSA) is 50.4 Å². The van der Waals surface area contributed by atoms with Gasteiger partial charge < -0.3 is 15.4 Å². The number of amides is 1. The third-order valence-electron chi connectivity index (χ3n) is 4.98. The largest absolute Gasteiger partial charge is 0.444 e. The predicted octanol–water partition coefficient (Wildman–Crippen LogP) is 3.85. The number of carbonyl (C=O) groups is 1. The van der Waals surface area contributed by atoms with Crippen molar-refractivity contribution >= 4 is 6.09 Å². The number of nitrogens with one attached hydrogen (secondary N) is 2. The van der Waals surface area contributed by atoms with E-state index in [1.807, 2.05) is 20.8 Å². The second kappa shape index (κ2) is 7.67. The van der Waals surface area contributed by atoms with Crippen LogP contribution < -0.4 is 10.6 Å². The van der Waals surface area contributed by atoms with Gasteiger partial charge in [0.2, 0.25) is 0 Å². The molecule has 3 unspecified atom stereocenters. The molecule has 22 heavy (non-hydrogen) atoms. The Morgan fingerprint density at radius 1 is 1.18 bits per heavy atom. The van der Waals surface area contributed by atoms with Crippen LogP contribution >= 0.6 is 0 Å². The Balaban J connectivity index is 1.69. The lowest BCUT2D eigenvalue weighted by molar-refractivity contribution is 0.0517. The van der Waals surface area contributed by atoms with E-state index in [9.17, 15) is 4.79 Å². The molecule has 0 aromatic rings. The molecule has 3 atom stereocenters. The van der Waals surface area contributed by atoms with Gasteiger partial charge in [-0.25, -0.2) is 4.79 Å². The van der Waals surface area contributed by atoms with E-state index in [1.54, 1.807) is 0 Å². The summed E-state index contributed by atoms with van der Waals surface area (Å²) >= 11 is 0. The molecular formula is C18H34N2O2. The van der Waals surface area contributed by atoms with Crippen LogP contribution in [0.3, 0.4) is 0 Å². The molecular weight excluding hydrogens is 276 g/mol. The van der Waals surface area contributed by atoms with Crippen molar-refractivity contribution in [2.75, 3.05) is 6.54 Å². The molecule has 0 radical (unpaired) electrons. The maximum atomic E-state index is 11.8. The van der Waals surface area contributed by atoms with E-state index < -0.39 is 5.60 Å². The van der Waals surface area contributed by atoms with Crippen molar-refractivity contribution in [2.45, 2.75) is 90.3 Å². The molecule has 2 saturated carbocycles. The molecule has 2 aliphatic rings. The maximum Gasteiger partial charge on any atom is 0.407 e. The summed E-state index contributed by atoms with van der Waals surface area (Å²) in [6, 6.07) is 1.14. The lowest BCUT2D eigenvalue weighted by Crippen LogP contribution is -2.44. The van der Waals surface area contributed by atoms with Gasteiger partial charge in [0.05, 0.1) is 0 Å². The van der Waals surface area contributed by atoms with Gasteiger partial charge >= 0.3 is 6.09 Å². The predicted molar refractivity (Wildman–Crippen MR) is 89.9 cm³/mol. The first-order chi connectivity index (χ1) is 10.3. The van der Waals surface area contributed by atoms with E-state index in [0.717, 1.165) is 12.5 Å². The highest BCUT2D eigenvalue weighted by atomic mass is 16.6. The molecule has 4 heteroatoms. The molecule has 0 spiro atoms. The summed E-state index contributed by atoms with van der Waals surface area (Å²) in [5.74, 6) is 1.48. The van der Waals surface area contributed by atoms with Crippen LogP contribution in [-0.2, 0) is 4.74 Å². The van der Waals surface area contributed by atoms with Crippen molar-refractivity contribution in [3.8, 4) is 0 Å². The number of ether oxygens (including phenoxy) is 1. The third-order valence-corrected chi connectivity index (χ3v) is 4.98. The number of hydrogen-bond donors (Lipinski definition) is 2. The van der Waals surface area contributed by atoms with Crippen molar-refractivity contribution < 1.29 is 9.53 Å². The number of rotatable bonds is 6. The molecule has 0 aromatic heterocycles. The van der Waals surface area contributed by atoms with Gasteiger partial charge in [0, 0.05) is 18.6 Å². The quantitative estimate of drug-likeness (QED) is 0.783. The standard InChI is InChI=1S/C18H34N2O2/c1-13(11-14-7-5-8-14)20-16-10-6-9-15(16)12-19-17(21)22-18(2,3)4/h13-16,20H,5-12H2,1-4H3,(H,19,21). The zero-order valence-corrected chi connectivity index (χ0v) is 14.8. The van der Waals surface area contributed by atoms with Gasteiger partial charge in [-0.1, -0.05) is 25.7 Å². The fourth-order valence-corrected chi connectivity index (χ4v) is 3.69. The van der Waals surface area contributed by atoms with E-state index in [1.165, 1.54) is 44.9 Å². The Labute approximate surface area is 135 Å². The minimum absolute atomic E-state index is 0.291. The maximum absolute atomic E-state index is 11.8. The summed E-state index contributed by atoms with van der Waals surface area (Å²) in [5, 5.41) is 6.75. The molecule has 4 nitrogen and oxygen atoms in total. The Hall–Kier alpha value is -0.770. The second-order valence-electron chi connectivity index (χ2n) is 8.28. The first kappa shape index (κ1) is 17.6. The Bertz CT molecular complexity index is 361. The van der Waals surface area contributed by atoms with E-state index in [-0.39, 0.29) is 6.09 Å². The monoisotopic (exact) mass is 310 g/mol. The van der Waals surface area contributed by atoms with E-state index in [0.29, 0.717) is 18.0 Å². The second-order valence-corrected chi connectivity index (χ2v) is 8.28. The summed E-state index contributed by atoms with van der Waals surface area (Å²) in [6.45, 7) is 8.73. The number of hydrogen-bond acceptors (Lipinski definition) is 3. The van der Waals surface area contributed by atoms with Crippen molar-refractivity contribution in [1.82, 2.24) is 10.6 Å². The third kappa shape index (κ3) is 5.79. The molecule has 2 fully saturated rings. The lowest BCUT2D eigenvalue weighted by Gasteiger charge is -2.31. The van der Waals surface area contributed by atoms with E-state index in [4.69, 9.17) is 4.74 Å². The van der Waals surface area contributed by atoms with Crippen LogP contribution in [0.4, 0.5) is 4.79 Å². The average Bonchev–Trinajstić information content (AvgIpc) is 2.76. The van der Waals surface area contributed by atoms with Gasteiger partial charge in [0.15, 0.2) is 0 Å². The highest BCUT2D eigenvalue weighted by molar-refractivity contribution is 5.67. The average molecular weight is 310 g/mol. The van der Waals surface area contributed by atoms with E-state index >= 15 is 0 Å². The van der Waals surface area contributed by atoms with Gasteiger partial charge in [-0.05, 0) is 58.8 Å². The fourth-order valence-electron chi connectivity index (χ4n) is 3.69. The fraction of sp³-hybridized carbons (Fsp3) is 0.944. The highest BCUT2D eigenvalue weighted by Crippen LogP contribution is 2.31. The van der Waals surface area contributed by atoms with Crippen LogP contribution in [0, 0.1) is 11.8 Å². The molecule has 0 heterocycles. The van der Waals surface area contributed by atoms with Crippen LogP contribution in [0.25, 0.3) is 0 Å². The van der Waals surface area contributed by atoms with Crippen LogP contribution in [0.15, 0.2) is 0 Å². The molecule has 0 aromatic carbocycles. The molecule has 0 saturated heterocycles. The zero-order chi connectivity index (χ0) is 16.2. The van der Waals surface area contributed by atoms with Crippen LogP contribution in [0.2, 0.25) is 0 Å². The van der Waals surface area contributed by atoms with Crippen LogP contribution in [-0.4, -0.2) is 30.3 Å². The Morgan fingerprint density at radius 3 is 2.45 bits per heavy atom. The molecule has 2 rings (SSSR count). The normalized spacial score (nSPS) is 27.3. The Kier molecular flexibility index (Phi) is 6.13. The van der Waals surface area contributed by atoms with Gasteiger partial charge in [0.25, 0.3) is 0 Å². The minimum Gasteiger partial charge on any atom is -0.444 e. The van der Waals surface area contributed by atoms with Crippen molar-refractivity contribution in [2.24, 2.45) is 11.8 Å². The lowest BCUT2D eigenvalue weighted by atomic mass is 9.81. The van der Waals surface area contributed by atoms with Crippen LogP contribution in [0.5, 0.6) is 0 Å². The highest BCUT2D eigenvalue weighted by Gasteiger charge is 2.30. The Morgan fingerprint density at radius 2 is 1.86 bits per heavy atom. The molecule has 0 aliphatic heterocycles. The molecule has 1 amide bonds. The molecule has 0 bridgehead atoms. The zero-order valence-electron chi connectivity index (χ0n) is 14.8. The summed E-state index contributed by atoms with van der Waals surface area (Å²) in [5.41, 5.74) is -0.422. The molecule has 2 aliphatic carbocycles. The first-order valence-corrected chi connectivity index (χ1v) is 9.06. The van der Waals surface area contributed by atoms with Gasteiger partial charge in [-0.2, -0.15) is 0 Å². The van der Waals surface area contributed by atoms with Gasteiger partial charge in [-0.15, -0.1) is 0 Å². The smallest absolute Gasteiger partial charge is 0.407 e. The number of alkyl carbamates (subject to hydrolysis) is 1. The van der Waals surface area contributed by atoms with Crippen molar-refractivity contribution in [3.05, 3.63) is 0 Å². The summed E-state index contributed by atoms with van der Waals surface area (Å²) in [7, 11) is 0. The number of carbonyl (C=O) groups excluding carboxylic acids is 1. The van der Waals surface area contributed by atoms with Gasteiger partial charge in [-0.3, -0.25) is 0 Å². The first-order valence-electron chi connectivity index (χ1n) is 9.06. The van der Waals surface area contributed by atoms with Crippen molar-refractivity contribution in [3.63, 3.8) is 0 Å². The minimum atomic E-state index is -0.422. The molecule has 128 valence electrons. The summed E-state index contributed by atoms with van der Waals surface area (Å²) in [4.78, 5) is 11.8. The summed E-state index contributed by atoms with van der Waals surface area (Å²) < 4.78 is 5.32. The van der Waals surface area contributed by atoms with Crippen LogP contribution in [0.1, 0.15) is 72.6 Å². The molecule has 2 N–H and O–H groups in total.